The SMILES string of the molecule is CC/C=C\C/C=C\C/C=C\C/C=C\C/C=C\C/C=C\CCCCCCCCCCCCCCC(=O)OCC(COC(=O)CC/C=C\C/C=C\C/C=C\C/C=C\CC)OC(=O)CCCCCC/C=C\C/C=C\C/C=C\C/C=C\CC. The highest BCUT2D eigenvalue weighted by molar-refractivity contribution is 5.71. The van der Waals surface area contributed by atoms with Crippen molar-refractivity contribution in [1.82, 2.24) is 0 Å². The number of allylic oxidation sites excluding steroid dienone is 28. The van der Waals surface area contributed by atoms with Crippen LogP contribution in [0.25, 0.3) is 0 Å². The van der Waals surface area contributed by atoms with Gasteiger partial charge in [0.05, 0.1) is 0 Å². The van der Waals surface area contributed by atoms with E-state index in [2.05, 4.69) is 179 Å². The summed E-state index contributed by atoms with van der Waals surface area (Å²) in [7, 11) is 0. The van der Waals surface area contributed by atoms with E-state index in [9.17, 15) is 14.4 Å². The summed E-state index contributed by atoms with van der Waals surface area (Å²) in [5.74, 6) is -1.03. The van der Waals surface area contributed by atoms with Crippen LogP contribution in [0.5, 0.6) is 0 Å². The first kappa shape index (κ1) is 73.8. The van der Waals surface area contributed by atoms with E-state index in [1.165, 1.54) is 64.2 Å². The number of rotatable bonds is 55. The molecule has 0 rings (SSSR count). The van der Waals surface area contributed by atoms with Gasteiger partial charge in [-0.2, -0.15) is 0 Å². The van der Waals surface area contributed by atoms with Gasteiger partial charge in [-0.25, -0.2) is 0 Å². The number of carbonyl (C=O) groups excluding carboxylic acids is 3. The molecule has 0 saturated carbocycles. The van der Waals surface area contributed by atoms with E-state index in [1.54, 1.807) is 0 Å². The molecule has 0 saturated heterocycles. The molecule has 6 heteroatoms. The van der Waals surface area contributed by atoms with Crippen molar-refractivity contribution in [2.75, 3.05) is 13.2 Å². The fraction of sp³-hybridized carbons (Fsp3) is 0.575. The Kier molecular flexibility index (Phi) is 61.0. The average Bonchev–Trinajstić information content (AvgIpc) is 3.45. The van der Waals surface area contributed by atoms with Gasteiger partial charge in [0.25, 0.3) is 0 Å². The van der Waals surface area contributed by atoms with Crippen molar-refractivity contribution in [3.05, 3.63) is 170 Å². The van der Waals surface area contributed by atoms with Gasteiger partial charge in [0.1, 0.15) is 13.2 Å². The van der Waals surface area contributed by atoms with Crippen LogP contribution in [0.4, 0.5) is 0 Å². The van der Waals surface area contributed by atoms with Crippen LogP contribution >= 0.6 is 0 Å². The molecule has 6 nitrogen and oxygen atoms in total. The molecular weight excluding hydrogens is 973 g/mol. The number of esters is 3. The third kappa shape index (κ3) is 63.5. The van der Waals surface area contributed by atoms with Gasteiger partial charge >= 0.3 is 17.9 Å². The summed E-state index contributed by atoms with van der Waals surface area (Å²) in [6.07, 6.45) is 96.7. The first-order chi connectivity index (χ1) is 39.0. The molecule has 0 aromatic heterocycles. The Hall–Kier alpha value is -5.23. The third-order valence-electron chi connectivity index (χ3n) is 12.7. The van der Waals surface area contributed by atoms with E-state index in [0.717, 1.165) is 141 Å². The van der Waals surface area contributed by atoms with E-state index in [0.29, 0.717) is 12.8 Å². The fourth-order valence-corrected chi connectivity index (χ4v) is 8.10. The van der Waals surface area contributed by atoms with Gasteiger partial charge in [-0.3, -0.25) is 14.4 Å². The molecule has 0 amide bonds. The highest BCUT2D eigenvalue weighted by Crippen LogP contribution is 2.15. The van der Waals surface area contributed by atoms with E-state index in [-0.39, 0.29) is 44.0 Å². The first-order valence-electron chi connectivity index (χ1n) is 31.6. The van der Waals surface area contributed by atoms with Crippen LogP contribution in [-0.2, 0) is 28.6 Å². The maximum absolute atomic E-state index is 12.9. The third-order valence-corrected chi connectivity index (χ3v) is 12.7. The Morgan fingerprint density at radius 1 is 0.253 bits per heavy atom. The van der Waals surface area contributed by atoms with Crippen molar-refractivity contribution in [3.63, 3.8) is 0 Å². The average molecular weight is 1090 g/mol. The zero-order chi connectivity index (χ0) is 57.1. The van der Waals surface area contributed by atoms with Crippen molar-refractivity contribution in [1.29, 1.82) is 0 Å². The lowest BCUT2D eigenvalue weighted by molar-refractivity contribution is -0.166. The van der Waals surface area contributed by atoms with Crippen molar-refractivity contribution in [2.24, 2.45) is 0 Å². The second-order valence-corrected chi connectivity index (χ2v) is 20.2. The van der Waals surface area contributed by atoms with Crippen LogP contribution in [0.15, 0.2) is 170 Å². The summed E-state index contributed by atoms with van der Waals surface area (Å²) in [4.78, 5) is 38.2. The standard InChI is InChI=1S/C73H114O6/c1-4-7-10-13-16-19-22-25-27-29-30-31-32-33-34-35-36-37-38-39-40-41-42-44-45-48-51-54-57-60-63-66-72(75)78-69-70(68-77-71(74)65-62-59-56-53-50-47-24-21-18-15-12-9-6-3)79-73(76)67-64-61-58-55-52-49-46-43-28-26-23-20-17-14-11-8-5-2/h7-12,16-21,25-28,30-31,33-34,36-37,46-47,49-50,56,59,70H,4-6,13-15,22-24,29,32,35,38-45,48,51-55,57-58,60-69H2,1-3H3/b10-7-,11-8-,12-9-,19-16-,20-17-,21-18-,27-25-,28-26-,31-30-,34-33-,37-36-,49-46-,50-47-,59-56-. The molecule has 0 fully saturated rings. The second-order valence-electron chi connectivity index (χ2n) is 20.2. The number of hydrogen-bond acceptors (Lipinski definition) is 6. The number of ether oxygens (including phenoxy) is 3. The van der Waals surface area contributed by atoms with E-state index in [1.807, 2.05) is 12.2 Å². The molecule has 0 aliphatic rings. The van der Waals surface area contributed by atoms with Crippen LogP contribution in [0.3, 0.4) is 0 Å². The Morgan fingerprint density at radius 3 is 0.785 bits per heavy atom. The zero-order valence-corrected chi connectivity index (χ0v) is 50.6. The molecule has 0 radical (unpaired) electrons. The summed E-state index contributed by atoms with van der Waals surface area (Å²) >= 11 is 0. The van der Waals surface area contributed by atoms with Crippen molar-refractivity contribution in [2.45, 2.75) is 258 Å². The van der Waals surface area contributed by atoms with Gasteiger partial charge in [0, 0.05) is 19.3 Å². The summed E-state index contributed by atoms with van der Waals surface area (Å²) in [5, 5.41) is 0. The zero-order valence-electron chi connectivity index (χ0n) is 50.6. The normalized spacial score (nSPS) is 13.3. The van der Waals surface area contributed by atoms with Gasteiger partial charge in [-0.1, -0.05) is 268 Å². The molecule has 0 aromatic carbocycles. The van der Waals surface area contributed by atoms with Crippen molar-refractivity contribution in [3.8, 4) is 0 Å². The number of unbranched alkanes of at least 4 members (excludes halogenated alkanes) is 16. The molecular formula is C73H114O6. The molecule has 0 aliphatic heterocycles. The Balaban J connectivity index is 4.34. The van der Waals surface area contributed by atoms with Crippen LogP contribution in [-0.4, -0.2) is 37.2 Å². The van der Waals surface area contributed by atoms with Crippen LogP contribution < -0.4 is 0 Å². The minimum Gasteiger partial charge on any atom is -0.462 e. The lowest BCUT2D eigenvalue weighted by Crippen LogP contribution is -2.30. The fourth-order valence-electron chi connectivity index (χ4n) is 8.10. The first-order valence-corrected chi connectivity index (χ1v) is 31.6. The summed E-state index contributed by atoms with van der Waals surface area (Å²) < 4.78 is 16.8. The molecule has 0 N–H and O–H groups in total. The molecule has 0 aliphatic carbocycles. The quantitative estimate of drug-likeness (QED) is 0.0261. The van der Waals surface area contributed by atoms with E-state index in [4.69, 9.17) is 14.2 Å². The lowest BCUT2D eigenvalue weighted by Gasteiger charge is -2.18. The lowest BCUT2D eigenvalue weighted by atomic mass is 10.0. The highest BCUT2D eigenvalue weighted by atomic mass is 16.6. The van der Waals surface area contributed by atoms with Crippen molar-refractivity contribution < 1.29 is 28.6 Å². The molecule has 0 aromatic rings. The number of hydrogen-bond donors (Lipinski definition) is 0. The predicted octanol–water partition coefficient (Wildman–Crippen LogP) is 21.9. The summed E-state index contributed by atoms with van der Waals surface area (Å²) in [6, 6.07) is 0. The van der Waals surface area contributed by atoms with Gasteiger partial charge in [-0.05, 0) is 135 Å². The van der Waals surface area contributed by atoms with Gasteiger partial charge in [0.15, 0.2) is 6.10 Å². The largest absolute Gasteiger partial charge is 0.462 e. The maximum atomic E-state index is 12.9. The highest BCUT2D eigenvalue weighted by Gasteiger charge is 2.19. The summed E-state index contributed by atoms with van der Waals surface area (Å²) in [6.45, 7) is 6.20. The van der Waals surface area contributed by atoms with Crippen LogP contribution in [0, 0.1) is 0 Å². The minimum absolute atomic E-state index is 0.118. The van der Waals surface area contributed by atoms with Crippen molar-refractivity contribution >= 4 is 17.9 Å². The molecule has 442 valence electrons. The Labute approximate surface area is 485 Å². The minimum atomic E-state index is -0.829. The molecule has 0 spiro atoms. The smallest absolute Gasteiger partial charge is 0.306 e. The topological polar surface area (TPSA) is 78.9 Å². The molecule has 0 bridgehead atoms. The Bertz CT molecular complexity index is 1820. The molecule has 1 unspecified atom stereocenters. The summed E-state index contributed by atoms with van der Waals surface area (Å²) in [5.41, 5.74) is 0. The Morgan fingerprint density at radius 2 is 0.481 bits per heavy atom. The second kappa shape index (κ2) is 65.3. The van der Waals surface area contributed by atoms with Crippen LogP contribution in [0.2, 0.25) is 0 Å². The molecule has 79 heavy (non-hydrogen) atoms. The molecule has 0 heterocycles. The van der Waals surface area contributed by atoms with Gasteiger partial charge in [0.2, 0.25) is 0 Å². The molecule has 1 atom stereocenters. The van der Waals surface area contributed by atoms with E-state index >= 15 is 0 Å². The predicted molar refractivity (Wildman–Crippen MR) is 343 cm³/mol. The van der Waals surface area contributed by atoms with E-state index < -0.39 is 6.10 Å². The monoisotopic (exact) mass is 1090 g/mol. The van der Waals surface area contributed by atoms with Gasteiger partial charge < -0.3 is 14.2 Å². The maximum Gasteiger partial charge on any atom is 0.306 e. The number of carbonyl (C=O) groups is 3. The van der Waals surface area contributed by atoms with Gasteiger partial charge in [-0.15, -0.1) is 0 Å². The van der Waals surface area contributed by atoms with Crippen LogP contribution in [0.1, 0.15) is 252 Å².